The fourth-order valence-corrected chi connectivity index (χ4v) is 3.13. The Hall–Kier alpha value is -2.47. The largest absolute Gasteiger partial charge is 0.419 e. The molecule has 2 aromatic heterocycles. The first-order valence-corrected chi connectivity index (χ1v) is 8.68. The van der Waals surface area contributed by atoms with Crippen LogP contribution in [0, 0.1) is 12.8 Å². The summed E-state index contributed by atoms with van der Waals surface area (Å²) in [6.07, 6.45) is 2.64. The molecule has 0 bridgehead atoms. The second-order valence-electron chi connectivity index (χ2n) is 6.82. The van der Waals surface area contributed by atoms with Gasteiger partial charge < -0.3 is 8.94 Å². The number of nitrogens with zero attached hydrogens (tertiary/aromatic N) is 4. The number of aryl methyl sites for hydroxylation is 1. The molecule has 0 saturated heterocycles. The van der Waals surface area contributed by atoms with E-state index >= 15 is 0 Å². The molecule has 1 atom stereocenters. The van der Waals surface area contributed by atoms with E-state index in [0.29, 0.717) is 30.1 Å². The van der Waals surface area contributed by atoms with Crippen LogP contribution in [0.5, 0.6) is 0 Å². The van der Waals surface area contributed by atoms with Crippen molar-refractivity contribution in [3.8, 4) is 22.7 Å². The van der Waals surface area contributed by atoms with Gasteiger partial charge >= 0.3 is 0 Å². The molecule has 25 heavy (non-hydrogen) atoms. The van der Waals surface area contributed by atoms with Gasteiger partial charge in [-0.2, -0.15) is 0 Å². The third kappa shape index (κ3) is 3.22. The monoisotopic (exact) mass is 338 g/mol. The van der Waals surface area contributed by atoms with Gasteiger partial charge in [0.1, 0.15) is 17.0 Å². The fourth-order valence-electron chi connectivity index (χ4n) is 3.13. The number of rotatable bonds is 6. The highest BCUT2D eigenvalue weighted by molar-refractivity contribution is 5.77. The SMILES string of the molecule is Cc1onc(-c2ccccc2)c1-c1nnc(CN(C)C(C)C2CC2)o1. The van der Waals surface area contributed by atoms with Crippen molar-refractivity contribution in [2.75, 3.05) is 7.05 Å². The predicted octanol–water partition coefficient (Wildman–Crippen LogP) is 3.93. The van der Waals surface area contributed by atoms with Gasteiger partial charge in [-0.05, 0) is 39.7 Å². The van der Waals surface area contributed by atoms with E-state index in [1.54, 1.807) is 0 Å². The normalized spacial score (nSPS) is 15.7. The zero-order valence-electron chi connectivity index (χ0n) is 14.8. The Morgan fingerprint density at radius 1 is 1.20 bits per heavy atom. The minimum atomic E-state index is 0.458. The van der Waals surface area contributed by atoms with E-state index in [1.165, 1.54) is 12.8 Å². The van der Waals surface area contributed by atoms with E-state index in [0.717, 1.165) is 22.7 Å². The second-order valence-corrected chi connectivity index (χ2v) is 6.82. The van der Waals surface area contributed by atoms with Crippen molar-refractivity contribution in [3.05, 3.63) is 42.0 Å². The van der Waals surface area contributed by atoms with Crippen LogP contribution >= 0.6 is 0 Å². The highest BCUT2D eigenvalue weighted by Crippen LogP contribution is 2.36. The van der Waals surface area contributed by atoms with E-state index in [-0.39, 0.29) is 0 Å². The summed E-state index contributed by atoms with van der Waals surface area (Å²) in [5.74, 6) is 2.55. The topological polar surface area (TPSA) is 68.2 Å². The molecule has 1 aliphatic carbocycles. The first-order valence-electron chi connectivity index (χ1n) is 8.68. The summed E-state index contributed by atoms with van der Waals surface area (Å²) in [5, 5.41) is 12.6. The van der Waals surface area contributed by atoms with Crippen molar-refractivity contribution in [3.63, 3.8) is 0 Å². The molecule has 1 saturated carbocycles. The van der Waals surface area contributed by atoms with Crippen LogP contribution in [0.1, 0.15) is 31.4 Å². The molecule has 2 heterocycles. The molecule has 1 unspecified atom stereocenters. The van der Waals surface area contributed by atoms with Gasteiger partial charge in [-0.25, -0.2) is 0 Å². The average Bonchev–Trinajstić information content (AvgIpc) is 3.26. The van der Waals surface area contributed by atoms with Crippen LogP contribution in [0.25, 0.3) is 22.7 Å². The van der Waals surface area contributed by atoms with Gasteiger partial charge in [-0.1, -0.05) is 35.5 Å². The minimum Gasteiger partial charge on any atom is -0.419 e. The third-order valence-electron chi connectivity index (χ3n) is 4.97. The highest BCUT2D eigenvalue weighted by atomic mass is 16.5. The maximum Gasteiger partial charge on any atom is 0.253 e. The first-order chi connectivity index (χ1) is 12.1. The molecule has 4 rings (SSSR count). The smallest absolute Gasteiger partial charge is 0.253 e. The van der Waals surface area contributed by atoms with Crippen LogP contribution < -0.4 is 0 Å². The van der Waals surface area contributed by atoms with Gasteiger partial charge in [0.15, 0.2) is 0 Å². The summed E-state index contributed by atoms with van der Waals surface area (Å²) in [6.45, 7) is 4.77. The summed E-state index contributed by atoms with van der Waals surface area (Å²) in [7, 11) is 2.10. The van der Waals surface area contributed by atoms with Crippen molar-refractivity contribution >= 4 is 0 Å². The zero-order chi connectivity index (χ0) is 17.4. The Morgan fingerprint density at radius 3 is 2.68 bits per heavy atom. The second kappa shape index (κ2) is 6.44. The molecule has 0 radical (unpaired) electrons. The van der Waals surface area contributed by atoms with Gasteiger partial charge in [0.05, 0.1) is 6.54 Å². The quantitative estimate of drug-likeness (QED) is 0.678. The summed E-state index contributed by atoms with van der Waals surface area (Å²) >= 11 is 0. The van der Waals surface area contributed by atoms with Crippen LogP contribution in [-0.2, 0) is 6.54 Å². The Bertz CT molecular complexity index is 851. The van der Waals surface area contributed by atoms with Crippen molar-refractivity contribution in [2.45, 2.75) is 39.3 Å². The Kier molecular flexibility index (Phi) is 4.13. The van der Waals surface area contributed by atoms with Gasteiger partial charge in [0.2, 0.25) is 5.89 Å². The van der Waals surface area contributed by atoms with Gasteiger partial charge in [-0.15, -0.1) is 10.2 Å². The molecule has 0 N–H and O–H groups in total. The number of hydrogen-bond acceptors (Lipinski definition) is 6. The van der Waals surface area contributed by atoms with Crippen molar-refractivity contribution in [1.82, 2.24) is 20.3 Å². The molecule has 0 aliphatic heterocycles. The molecule has 6 heteroatoms. The molecule has 1 fully saturated rings. The number of hydrogen-bond donors (Lipinski definition) is 0. The molecule has 3 aromatic rings. The minimum absolute atomic E-state index is 0.458. The third-order valence-corrected chi connectivity index (χ3v) is 4.97. The fraction of sp³-hybridized carbons (Fsp3) is 0.421. The Balaban J connectivity index is 1.59. The lowest BCUT2D eigenvalue weighted by molar-refractivity contribution is 0.206. The highest BCUT2D eigenvalue weighted by Gasteiger charge is 2.31. The molecule has 6 nitrogen and oxygen atoms in total. The molecule has 1 aliphatic rings. The first kappa shape index (κ1) is 16.0. The lowest BCUT2D eigenvalue weighted by Crippen LogP contribution is -2.30. The standard InChI is InChI=1S/C19H22N4O2/c1-12(14-9-10-14)23(3)11-16-20-21-19(24-16)17-13(2)25-22-18(17)15-7-5-4-6-8-15/h4-8,12,14H,9-11H2,1-3H3. The predicted molar refractivity (Wildman–Crippen MR) is 93.6 cm³/mol. The maximum absolute atomic E-state index is 5.93. The summed E-state index contributed by atoms with van der Waals surface area (Å²) in [6, 6.07) is 10.4. The van der Waals surface area contributed by atoms with Gasteiger partial charge in [0.25, 0.3) is 5.89 Å². The van der Waals surface area contributed by atoms with Crippen molar-refractivity contribution < 1.29 is 8.94 Å². The lowest BCUT2D eigenvalue weighted by atomic mass is 10.1. The molecule has 0 amide bonds. The Morgan fingerprint density at radius 2 is 1.96 bits per heavy atom. The van der Waals surface area contributed by atoms with Crippen LogP contribution in [0.15, 0.2) is 39.3 Å². The maximum atomic E-state index is 5.93. The molecule has 1 aromatic carbocycles. The van der Waals surface area contributed by atoms with Gasteiger partial charge in [0, 0.05) is 11.6 Å². The van der Waals surface area contributed by atoms with E-state index < -0.39 is 0 Å². The zero-order valence-corrected chi connectivity index (χ0v) is 14.8. The summed E-state index contributed by atoms with van der Waals surface area (Å²) in [5.41, 5.74) is 2.46. The summed E-state index contributed by atoms with van der Waals surface area (Å²) < 4.78 is 11.3. The molecular weight excluding hydrogens is 316 g/mol. The van der Waals surface area contributed by atoms with Crippen LogP contribution in [0.4, 0.5) is 0 Å². The van der Waals surface area contributed by atoms with E-state index in [2.05, 4.69) is 34.2 Å². The van der Waals surface area contributed by atoms with Crippen molar-refractivity contribution in [2.24, 2.45) is 5.92 Å². The van der Waals surface area contributed by atoms with E-state index in [1.807, 2.05) is 37.3 Å². The lowest BCUT2D eigenvalue weighted by Gasteiger charge is -2.22. The molecule has 0 spiro atoms. The number of aromatic nitrogens is 3. The van der Waals surface area contributed by atoms with Crippen LogP contribution in [0.3, 0.4) is 0 Å². The summed E-state index contributed by atoms with van der Waals surface area (Å²) in [4.78, 5) is 2.27. The van der Waals surface area contributed by atoms with Crippen LogP contribution in [-0.4, -0.2) is 33.3 Å². The molecular formula is C19H22N4O2. The molecule has 130 valence electrons. The van der Waals surface area contributed by atoms with Gasteiger partial charge in [-0.3, -0.25) is 4.90 Å². The Labute approximate surface area is 146 Å². The van der Waals surface area contributed by atoms with E-state index in [4.69, 9.17) is 8.94 Å². The van der Waals surface area contributed by atoms with Crippen LogP contribution in [0.2, 0.25) is 0 Å². The van der Waals surface area contributed by atoms with Crippen molar-refractivity contribution in [1.29, 1.82) is 0 Å². The number of benzene rings is 1. The average molecular weight is 338 g/mol. The van der Waals surface area contributed by atoms with E-state index in [9.17, 15) is 0 Å².